The van der Waals surface area contributed by atoms with E-state index < -0.39 is 12.1 Å². The second kappa shape index (κ2) is 5.80. The van der Waals surface area contributed by atoms with Crippen LogP contribution < -0.4 is 11.1 Å². The molecule has 0 saturated carbocycles. The first kappa shape index (κ1) is 14.4. The molecule has 1 heterocycles. The van der Waals surface area contributed by atoms with Gasteiger partial charge in [-0.2, -0.15) is 0 Å². The monoisotopic (exact) mass is 244 g/mol. The van der Waals surface area contributed by atoms with Crippen LogP contribution in [0.4, 0.5) is 0 Å². The third-order valence-corrected chi connectivity index (χ3v) is 3.68. The summed E-state index contributed by atoms with van der Waals surface area (Å²) >= 11 is 0. The van der Waals surface area contributed by atoms with Crippen molar-refractivity contribution in [1.29, 1.82) is 0 Å². The summed E-state index contributed by atoms with van der Waals surface area (Å²) in [5.41, 5.74) is 5.66. The second-order valence-corrected chi connectivity index (χ2v) is 5.08. The minimum absolute atomic E-state index is 0.0366. The summed E-state index contributed by atoms with van der Waals surface area (Å²) in [5.74, 6) is 0.0319. The summed E-state index contributed by atoms with van der Waals surface area (Å²) < 4.78 is 5.62. The zero-order valence-corrected chi connectivity index (χ0v) is 11.0. The first-order chi connectivity index (χ1) is 7.84. The number of rotatable bonds is 4. The molecule has 0 aromatic rings. The van der Waals surface area contributed by atoms with Crippen molar-refractivity contribution < 1.29 is 14.6 Å². The molecule has 1 rings (SSSR count). The maximum Gasteiger partial charge on any atom is 0.226 e. The number of nitrogens with one attached hydrogen (secondary N) is 1. The minimum Gasteiger partial charge on any atom is -0.392 e. The largest absolute Gasteiger partial charge is 0.392 e. The van der Waals surface area contributed by atoms with Gasteiger partial charge < -0.3 is 20.9 Å². The maximum atomic E-state index is 12.0. The fraction of sp³-hybridized carbons (Fsp3) is 0.917. The van der Waals surface area contributed by atoms with Gasteiger partial charge in [0.05, 0.1) is 24.2 Å². The summed E-state index contributed by atoms with van der Waals surface area (Å²) in [6.07, 6.45) is -0.585. The summed E-state index contributed by atoms with van der Waals surface area (Å²) in [7, 11) is 0. The predicted molar refractivity (Wildman–Crippen MR) is 65.3 cm³/mol. The molecule has 0 radical (unpaired) electrons. The highest BCUT2D eigenvalue weighted by atomic mass is 16.5. The number of nitrogens with two attached hydrogens (primary N) is 1. The van der Waals surface area contributed by atoms with Crippen molar-refractivity contribution in [2.24, 2.45) is 17.6 Å². The average molecular weight is 244 g/mol. The van der Waals surface area contributed by atoms with Crippen molar-refractivity contribution in [3.63, 3.8) is 0 Å². The minimum atomic E-state index is -0.621. The van der Waals surface area contributed by atoms with E-state index in [1.165, 1.54) is 0 Å². The fourth-order valence-electron chi connectivity index (χ4n) is 2.23. The van der Waals surface area contributed by atoms with Gasteiger partial charge in [-0.05, 0) is 26.7 Å². The molecular formula is C12H24N2O3. The lowest BCUT2D eigenvalue weighted by molar-refractivity contribution is -0.127. The van der Waals surface area contributed by atoms with Gasteiger partial charge in [-0.1, -0.05) is 6.92 Å². The van der Waals surface area contributed by atoms with Crippen molar-refractivity contribution in [3.8, 4) is 0 Å². The molecule has 0 aliphatic carbocycles. The molecule has 0 aromatic carbocycles. The standard InChI is InChI=1S/C12H24N2O3/c1-6-8(3)17-9(4)11(6)12(16)14-5-10(13)7(2)15/h6-11,15H,5,13H2,1-4H3,(H,14,16). The Kier molecular flexibility index (Phi) is 4.91. The molecule has 1 fully saturated rings. The highest BCUT2D eigenvalue weighted by Crippen LogP contribution is 2.32. The zero-order valence-electron chi connectivity index (χ0n) is 11.0. The van der Waals surface area contributed by atoms with Crippen molar-refractivity contribution in [1.82, 2.24) is 5.32 Å². The molecule has 1 saturated heterocycles. The quantitative estimate of drug-likeness (QED) is 0.643. The van der Waals surface area contributed by atoms with Crippen LogP contribution >= 0.6 is 0 Å². The van der Waals surface area contributed by atoms with Crippen LogP contribution in [0.2, 0.25) is 0 Å². The first-order valence-corrected chi connectivity index (χ1v) is 6.21. The van der Waals surface area contributed by atoms with Crippen LogP contribution in [0.5, 0.6) is 0 Å². The SMILES string of the molecule is CC(O)C(N)CNC(=O)C1C(C)OC(C)C1C. The highest BCUT2D eigenvalue weighted by molar-refractivity contribution is 5.79. The molecule has 5 nitrogen and oxygen atoms in total. The van der Waals surface area contributed by atoms with Crippen LogP contribution in [0.15, 0.2) is 0 Å². The molecule has 100 valence electrons. The van der Waals surface area contributed by atoms with Gasteiger partial charge in [-0.3, -0.25) is 4.79 Å². The number of ether oxygens (including phenoxy) is 1. The van der Waals surface area contributed by atoms with E-state index in [0.29, 0.717) is 6.54 Å². The first-order valence-electron chi connectivity index (χ1n) is 6.21. The molecule has 0 aromatic heterocycles. The van der Waals surface area contributed by atoms with Crippen molar-refractivity contribution in [2.75, 3.05) is 6.54 Å². The van der Waals surface area contributed by atoms with Crippen LogP contribution in [0.3, 0.4) is 0 Å². The van der Waals surface area contributed by atoms with E-state index in [1.807, 2.05) is 20.8 Å². The molecule has 1 aliphatic heterocycles. The fourth-order valence-corrected chi connectivity index (χ4v) is 2.23. The van der Waals surface area contributed by atoms with E-state index in [9.17, 15) is 9.90 Å². The van der Waals surface area contributed by atoms with Gasteiger partial charge in [-0.15, -0.1) is 0 Å². The Hall–Kier alpha value is -0.650. The van der Waals surface area contributed by atoms with Crippen LogP contribution in [0, 0.1) is 11.8 Å². The van der Waals surface area contributed by atoms with E-state index in [0.717, 1.165) is 0 Å². The summed E-state index contributed by atoms with van der Waals surface area (Å²) in [4.78, 5) is 12.0. The third kappa shape index (κ3) is 3.40. The van der Waals surface area contributed by atoms with Crippen molar-refractivity contribution >= 4 is 5.91 Å². The summed E-state index contributed by atoms with van der Waals surface area (Å²) in [5, 5.41) is 12.0. The summed E-state index contributed by atoms with van der Waals surface area (Å²) in [6.45, 7) is 7.82. The Bertz CT molecular complexity index is 270. The van der Waals surface area contributed by atoms with Crippen molar-refractivity contribution in [2.45, 2.75) is 52.0 Å². The van der Waals surface area contributed by atoms with E-state index >= 15 is 0 Å². The number of carbonyl (C=O) groups is 1. The van der Waals surface area contributed by atoms with Gasteiger partial charge in [0.25, 0.3) is 0 Å². The van der Waals surface area contributed by atoms with Gasteiger partial charge in [0, 0.05) is 12.6 Å². The van der Waals surface area contributed by atoms with Crippen LogP contribution in [-0.4, -0.2) is 41.9 Å². The highest BCUT2D eigenvalue weighted by Gasteiger charge is 2.41. The van der Waals surface area contributed by atoms with Gasteiger partial charge in [0.15, 0.2) is 0 Å². The Morgan fingerprint density at radius 1 is 1.41 bits per heavy atom. The van der Waals surface area contributed by atoms with E-state index in [2.05, 4.69) is 5.32 Å². The van der Waals surface area contributed by atoms with E-state index in [4.69, 9.17) is 10.5 Å². The zero-order chi connectivity index (χ0) is 13.2. The molecule has 1 amide bonds. The smallest absolute Gasteiger partial charge is 0.226 e. The average Bonchev–Trinajstić information content (AvgIpc) is 2.49. The molecule has 17 heavy (non-hydrogen) atoms. The Morgan fingerprint density at radius 3 is 2.41 bits per heavy atom. The van der Waals surface area contributed by atoms with Crippen LogP contribution in [0.25, 0.3) is 0 Å². The van der Waals surface area contributed by atoms with Crippen LogP contribution in [-0.2, 0) is 9.53 Å². The lowest BCUT2D eigenvalue weighted by Crippen LogP contribution is -2.46. The summed E-state index contributed by atoms with van der Waals surface area (Å²) in [6, 6.07) is -0.427. The molecular weight excluding hydrogens is 220 g/mol. The lowest BCUT2D eigenvalue weighted by Gasteiger charge is -2.20. The van der Waals surface area contributed by atoms with Crippen molar-refractivity contribution in [3.05, 3.63) is 0 Å². The second-order valence-electron chi connectivity index (χ2n) is 5.08. The van der Waals surface area contributed by atoms with E-state index in [1.54, 1.807) is 6.92 Å². The number of carbonyl (C=O) groups excluding carboxylic acids is 1. The number of aliphatic hydroxyl groups is 1. The molecule has 1 aliphatic rings. The topological polar surface area (TPSA) is 84.6 Å². The number of hydrogen-bond donors (Lipinski definition) is 3. The molecule has 5 heteroatoms. The third-order valence-electron chi connectivity index (χ3n) is 3.68. The van der Waals surface area contributed by atoms with Crippen LogP contribution in [0.1, 0.15) is 27.7 Å². The number of amides is 1. The predicted octanol–water partition coefficient (Wildman–Crippen LogP) is -0.130. The molecule has 6 unspecified atom stereocenters. The van der Waals surface area contributed by atoms with Gasteiger partial charge in [-0.25, -0.2) is 0 Å². The Balaban J connectivity index is 2.48. The maximum absolute atomic E-state index is 12.0. The van der Waals surface area contributed by atoms with E-state index in [-0.39, 0.29) is 30.0 Å². The molecule has 0 bridgehead atoms. The lowest BCUT2D eigenvalue weighted by atomic mass is 9.89. The molecule has 4 N–H and O–H groups in total. The van der Waals surface area contributed by atoms with Gasteiger partial charge >= 0.3 is 0 Å². The molecule has 6 atom stereocenters. The Labute approximate surface area is 103 Å². The van der Waals surface area contributed by atoms with Gasteiger partial charge in [0.2, 0.25) is 5.91 Å². The number of hydrogen-bond acceptors (Lipinski definition) is 4. The normalized spacial score (nSPS) is 36.6. The Morgan fingerprint density at radius 2 is 2.00 bits per heavy atom. The van der Waals surface area contributed by atoms with Gasteiger partial charge in [0.1, 0.15) is 0 Å². The molecule has 0 spiro atoms. The number of aliphatic hydroxyl groups excluding tert-OH is 1.